The molecule has 2 N–H and O–H groups in total. The molecular formula is C17H19NO4S. The van der Waals surface area contributed by atoms with E-state index in [4.69, 9.17) is 9.84 Å². The van der Waals surface area contributed by atoms with E-state index in [1.165, 1.54) is 11.3 Å². The van der Waals surface area contributed by atoms with Crippen molar-refractivity contribution in [3.63, 3.8) is 0 Å². The number of carboxylic acid groups (broad SMARTS) is 1. The van der Waals surface area contributed by atoms with Gasteiger partial charge in [-0.2, -0.15) is 0 Å². The van der Waals surface area contributed by atoms with Gasteiger partial charge >= 0.3 is 5.97 Å². The number of benzene rings is 1. The van der Waals surface area contributed by atoms with E-state index in [0.29, 0.717) is 11.5 Å². The van der Waals surface area contributed by atoms with Crippen molar-refractivity contribution in [2.45, 2.75) is 25.8 Å². The summed E-state index contributed by atoms with van der Waals surface area (Å²) in [4.78, 5) is 23.8. The van der Waals surface area contributed by atoms with Gasteiger partial charge in [0, 0.05) is 0 Å². The van der Waals surface area contributed by atoms with Crippen molar-refractivity contribution in [1.29, 1.82) is 0 Å². The normalized spacial score (nSPS) is 11.7. The lowest BCUT2D eigenvalue weighted by Crippen LogP contribution is -2.29. The Morgan fingerprint density at radius 1 is 1.26 bits per heavy atom. The van der Waals surface area contributed by atoms with Crippen LogP contribution in [-0.4, -0.2) is 23.6 Å². The number of nitrogens with one attached hydrogen (secondary N) is 1. The third kappa shape index (κ3) is 5.10. The van der Waals surface area contributed by atoms with E-state index < -0.39 is 12.0 Å². The fraction of sp³-hybridized carbons (Fsp3) is 0.294. The molecular weight excluding hydrogens is 314 g/mol. The summed E-state index contributed by atoms with van der Waals surface area (Å²) in [5.74, 6) is -0.500. The van der Waals surface area contributed by atoms with Crippen LogP contribution >= 0.6 is 11.3 Å². The number of hydrogen-bond acceptors (Lipinski definition) is 4. The highest BCUT2D eigenvalue weighted by molar-refractivity contribution is 7.12. The maximum Gasteiger partial charge on any atom is 0.305 e. The first-order valence-corrected chi connectivity index (χ1v) is 8.27. The molecule has 0 aliphatic carbocycles. The van der Waals surface area contributed by atoms with Crippen LogP contribution in [-0.2, 0) is 4.79 Å². The summed E-state index contributed by atoms with van der Waals surface area (Å²) in [6.45, 7) is 2.66. The summed E-state index contributed by atoms with van der Waals surface area (Å²) in [5.41, 5.74) is 0.737. The predicted octanol–water partition coefficient (Wildman–Crippen LogP) is 3.48. The second-order valence-electron chi connectivity index (χ2n) is 5.02. The molecule has 0 aliphatic heterocycles. The molecule has 0 saturated heterocycles. The maximum absolute atomic E-state index is 12.2. The minimum absolute atomic E-state index is 0.174. The highest BCUT2D eigenvalue weighted by Crippen LogP contribution is 2.22. The average molecular weight is 333 g/mol. The Labute approximate surface area is 138 Å². The molecule has 1 atom stereocenters. The van der Waals surface area contributed by atoms with E-state index in [9.17, 15) is 9.59 Å². The molecule has 1 aromatic heterocycles. The van der Waals surface area contributed by atoms with Crippen LogP contribution < -0.4 is 10.1 Å². The van der Waals surface area contributed by atoms with Gasteiger partial charge in [0.1, 0.15) is 5.75 Å². The molecule has 5 nitrogen and oxygen atoms in total. The van der Waals surface area contributed by atoms with E-state index >= 15 is 0 Å². The summed E-state index contributed by atoms with van der Waals surface area (Å²) >= 11 is 1.32. The van der Waals surface area contributed by atoms with Crippen molar-refractivity contribution in [2.24, 2.45) is 0 Å². The van der Waals surface area contributed by atoms with E-state index in [1.807, 2.05) is 6.92 Å². The molecule has 0 unspecified atom stereocenters. The number of hydrogen-bond donors (Lipinski definition) is 2. The Bertz CT molecular complexity index is 637. The quantitative estimate of drug-likeness (QED) is 0.775. The molecule has 0 bridgehead atoms. The lowest BCUT2D eigenvalue weighted by molar-refractivity contribution is -0.137. The largest absolute Gasteiger partial charge is 0.494 e. The maximum atomic E-state index is 12.2. The summed E-state index contributed by atoms with van der Waals surface area (Å²) in [5, 5.41) is 13.7. The van der Waals surface area contributed by atoms with Gasteiger partial charge in [-0.25, -0.2) is 0 Å². The van der Waals surface area contributed by atoms with Crippen molar-refractivity contribution in [3.8, 4) is 5.75 Å². The van der Waals surface area contributed by atoms with Gasteiger partial charge in [-0.15, -0.1) is 11.3 Å². The minimum atomic E-state index is -0.965. The average Bonchev–Trinajstić information content (AvgIpc) is 3.07. The molecule has 0 aliphatic rings. The smallest absolute Gasteiger partial charge is 0.305 e. The van der Waals surface area contributed by atoms with E-state index in [2.05, 4.69) is 5.32 Å². The topological polar surface area (TPSA) is 75.6 Å². The highest BCUT2D eigenvalue weighted by Gasteiger charge is 2.19. The van der Waals surface area contributed by atoms with Gasteiger partial charge in [0.25, 0.3) is 5.91 Å². The highest BCUT2D eigenvalue weighted by atomic mass is 32.1. The first-order valence-electron chi connectivity index (χ1n) is 7.39. The molecule has 2 rings (SSSR count). The van der Waals surface area contributed by atoms with Gasteiger partial charge in [-0.05, 0) is 35.6 Å². The second-order valence-corrected chi connectivity index (χ2v) is 5.97. The molecule has 122 valence electrons. The molecule has 0 saturated carbocycles. The molecule has 23 heavy (non-hydrogen) atoms. The lowest BCUT2D eigenvalue weighted by Gasteiger charge is -2.17. The standard InChI is InChI=1S/C17H19NO4S/c1-2-9-22-13-7-5-12(6-8-13)14(11-16(19)20)18-17(21)15-4-3-10-23-15/h3-8,10,14H,2,9,11H2,1H3,(H,18,21)(H,19,20)/t14-/m0/s1. The summed E-state index contributed by atoms with van der Waals surface area (Å²) < 4.78 is 5.51. The fourth-order valence-electron chi connectivity index (χ4n) is 2.08. The van der Waals surface area contributed by atoms with Crippen molar-refractivity contribution in [2.75, 3.05) is 6.61 Å². The number of amides is 1. The Balaban J connectivity index is 2.11. The van der Waals surface area contributed by atoms with E-state index in [-0.39, 0.29) is 12.3 Å². The van der Waals surface area contributed by atoms with Gasteiger partial charge in [0.2, 0.25) is 0 Å². The molecule has 0 fully saturated rings. The van der Waals surface area contributed by atoms with Crippen LogP contribution in [0.5, 0.6) is 5.75 Å². The van der Waals surface area contributed by atoms with Gasteiger partial charge in [-0.3, -0.25) is 9.59 Å². The van der Waals surface area contributed by atoms with Gasteiger partial charge in [-0.1, -0.05) is 25.1 Å². The number of rotatable bonds is 8. The van der Waals surface area contributed by atoms with Crippen molar-refractivity contribution >= 4 is 23.2 Å². The molecule has 0 radical (unpaired) electrons. The Morgan fingerprint density at radius 3 is 2.57 bits per heavy atom. The predicted molar refractivity (Wildman–Crippen MR) is 89.0 cm³/mol. The van der Waals surface area contributed by atoms with Crippen LogP contribution in [0, 0.1) is 0 Å². The van der Waals surface area contributed by atoms with Crippen LogP contribution in [0.25, 0.3) is 0 Å². The van der Waals surface area contributed by atoms with E-state index in [0.717, 1.165) is 17.7 Å². The number of aliphatic carboxylic acids is 1. The third-order valence-electron chi connectivity index (χ3n) is 3.18. The van der Waals surface area contributed by atoms with Crippen LogP contribution in [0.15, 0.2) is 41.8 Å². The van der Waals surface area contributed by atoms with E-state index in [1.54, 1.807) is 41.8 Å². The molecule has 1 amide bonds. The van der Waals surface area contributed by atoms with Crippen molar-refractivity contribution < 1.29 is 19.4 Å². The number of thiophene rings is 1. The SMILES string of the molecule is CCCOc1ccc([C@H](CC(=O)O)NC(=O)c2cccs2)cc1. The molecule has 1 heterocycles. The molecule has 6 heteroatoms. The monoisotopic (exact) mass is 333 g/mol. The number of carbonyl (C=O) groups is 2. The van der Waals surface area contributed by atoms with Crippen LogP contribution in [0.4, 0.5) is 0 Å². The minimum Gasteiger partial charge on any atom is -0.494 e. The van der Waals surface area contributed by atoms with Crippen molar-refractivity contribution in [1.82, 2.24) is 5.32 Å². The zero-order valence-electron chi connectivity index (χ0n) is 12.8. The Kier molecular flexibility index (Phi) is 6.17. The Hall–Kier alpha value is -2.34. The first-order chi connectivity index (χ1) is 11.1. The second kappa shape index (κ2) is 8.33. The van der Waals surface area contributed by atoms with Crippen molar-refractivity contribution in [3.05, 3.63) is 52.2 Å². The first kappa shape index (κ1) is 17.0. The van der Waals surface area contributed by atoms with Gasteiger partial charge in [0.15, 0.2) is 0 Å². The Morgan fingerprint density at radius 2 is 2.00 bits per heavy atom. The van der Waals surface area contributed by atoms with Crippen LogP contribution in [0.2, 0.25) is 0 Å². The molecule has 0 spiro atoms. The van der Waals surface area contributed by atoms with Gasteiger partial charge < -0.3 is 15.2 Å². The number of carboxylic acids is 1. The zero-order valence-corrected chi connectivity index (χ0v) is 13.6. The molecule has 1 aromatic carbocycles. The number of carbonyl (C=O) groups excluding carboxylic acids is 1. The van der Waals surface area contributed by atoms with Crippen LogP contribution in [0.3, 0.4) is 0 Å². The number of ether oxygens (including phenoxy) is 1. The fourth-order valence-corrected chi connectivity index (χ4v) is 2.71. The van der Waals surface area contributed by atoms with Gasteiger partial charge in [0.05, 0.1) is 23.9 Å². The van der Waals surface area contributed by atoms with Crippen LogP contribution in [0.1, 0.15) is 41.0 Å². The lowest BCUT2D eigenvalue weighted by atomic mass is 10.0. The zero-order chi connectivity index (χ0) is 16.7. The summed E-state index contributed by atoms with van der Waals surface area (Å²) in [6.07, 6.45) is 0.743. The summed E-state index contributed by atoms with van der Waals surface area (Å²) in [6, 6.07) is 10.1. The molecule has 2 aromatic rings. The summed E-state index contributed by atoms with van der Waals surface area (Å²) in [7, 11) is 0. The third-order valence-corrected chi connectivity index (χ3v) is 4.05.